The van der Waals surface area contributed by atoms with E-state index >= 15 is 0 Å². The smallest absolute Gasteiger partial charge is 0.591 e. The molecule has 0 saturated carbocycles. The molecule has 0 amide bonds. The van der Waals surface area contributed by atoms with E-state index in [4.69, 9.17) is 0 Å². The average molecular weight is 241 g/mol. The van der Waals surface area contributed by atoms with E-state index in [1.54, 1.807) is 13.0 Å². The van der Waals surface area contributed by atoms with Gasteiger partial charge in [0, 0.05) is 17.8 Å². The van der Waals surface area contributed by atoms with Gasteiger partial charge in [-0.25, -0.2) is 0 Å². The second-order valence-corrected chi connectivity index (χ2v) is 3.31. The Morgan fingerprint density at radius 2 is 2.06 bits per heavy atom. The molecule has 0 N–H and O–H groups in total. The van der Waals surface area contributed by atoms with Gasteiger partial charge in [-0.1, -0.05) is 13.0 Å². The van der Waals surface area contributed by atoms with Gasteiger partial charge >= 0.3 is 29.6 Å². The first kappa shape index (κ1) is 13.7. The zero-order valence-electron chi connectivity index (χ0n) is 9.45. The molecule has 0 radical (unpaired) electrons. The van der Waals surface area contributed by atoms with Crippen LogP contribution in [0.3, 0.4) is 0 Å². The molecule has 0 fully saturated rings. The van der Waals surface area contributed by atoms with Crippen LogP contribution in [-0.4, -0.2) is 9.61 Å². The van der Waals surface area contributed by atoms with Crippen molar-refractivity contribution < 1.29 is 34.5 Å². The van der Waals surface area contributed by atoms with Gasteiger partial charge in [-0.2, -0.15) is 0 Å². The number of hydrogen-bond donors (Lipinski definition) is 0. The van der Waals surface area contributed by atoms with Crippen LogP contribution in [0.5, 0.6) is 0 Å². The first-order valence-electron chi connectivity index (χ1n) is 4.56. The minimum Gasteiger partial charge on any atom is -0.591 e. The predicted octanol–water partition coefficient (Wildman–Crippen LogP) is -1.98. The fraction of sp³-hybridized carbons (Fsp3) is 0.100. The van der Waals surface area contributed by atoms with Crippen molar-refractivity contribution in [2.75, 3.05) is 0 Å². The van der Waals surface area contributed by atoms with Crippen molar-refractivity contribution in [2.45, 2.75) is 6.92 Å². The molecule has 0 saturated heterocycles. The predicted molar refractivity (Wildman–Crippen MR) is 56.8 cm³/mol. The third kappa shape index (κ3) is 2.85. The Balaban J connectivity index is 0.00000144. The Kier molecular flexibility index (Phi) is 4.28. The van der Waals surface area contributed by atoms with E-state index in [0.717, 1.165) is 4.68 Å². The third-order valence-electron chi connectivity index (χ3n) is 2.08. The van der Waals surface area contributed by atoms with Crippen molar-refractivity contribution in [3.8, 4) is 5.69 Å². The largest absolute Gasteiger partial charge is 1.00 e. The van der Waals surface area contributed by atoms with Crippen LogP contribution >= 0.6 is 0 Å². The van der Waals surface area contributed by atoms with Crippen LogP contribution in [0.2, 0.25) is 0 Å². The number of aryl methyl sites for hydroxylation is 1. The first-order chi connectivity index (χ1) is 7.58. The van der Waals surface area contributed by atoms with Crippen molar-refractivity contribution in [1.82, 2.24) is 9.78 Å². The summed E-state index contributed by atoms with van der Waals surface area (Å²) in [5, 5.41) is 14.5. The third-order valence-corrected chi connectivity index (χ3v) is 2.08. The molecule has 0 aliphatic rings. The van der Waals surface area contributed by atoms with E-state index in [-0.39, 0.29) is 40.8 Å². The Bertz CT molecular complexity index is 603. The molecule has 2 rings (SSSR count). The van der Waals surface area contributed by atoms with Gasteiger partial charge < -0.3 is 9.78 Å². The molecular weight excluding hydrogens is 233 g/mol. The van der Waals surface area contributed by atoms with E-state index in [2.05, 4.69) is 5.10 Å². The van der Waals surface area contributed by atoms with E-state index in [1.165, 1.54) is 24.3 Å². The molecule has 82 valence electrons. The zero-order valence-corrected chi connectivity index (χ0v) is 11.5. The summed E-state index contributed by atoms with van der Waals surface area (Å²) in [5.41, 5.74) is 0.617. The molecule has 17 heavy (non-hydrogen) atoms. The maximum absolute atomic E-state index is 11.5. The zero-order chi connectivity index (χ0) is 11.7. The molecule has 0 spiro atoms. The molecule has 1 heterocycles. The van der Waals surface area contributed by atoms with Crippen molar-refractivity contribution in [3.63, 3.8) is 0 Å². The van der Waals surface area contributed by atoms with Crippen LogP contribution in [0, 0.1) is 17.0 Å². The summed E-state index contributed by atoms with van der Waals surface area (Å²) in [6.45, 7) is 1.69. The Hall–Kier alpha value is -1.37. The molecule has 6 nitrogen and oxygen atoms in total. The molecule has 0 atom stereocenters. The van der Waals surface area contributed by atoms with Gasteiger partial charge in [0.2, 0.25) is 5.56 Å². The van der Waals surface area contributed by atoms with Gasteiger partial charge in [0.1, 0.15) is 0 Å². The minimum absolute atomic E-state index is 0. The van der Waals surface area contributed by atoms with Crippen LogP contribution in [0.1, 0.15) is 5.69 Å². The normalized spacial score (nSPS) is 9.71. The topological polar surface area (TPSA) is 79.2 Å². The molecule has 0 bridgehead atoms. The number of nitrogens with zero attached hydrogens (tertiary/aromatic N) is 3. The van der Waals surface area contributed by atoms with E-state index in [1.807, 2.05) is 0 Å². The summed E-state index contributed by atoms with van der Waals surface area (Å²) in [7, 11) is 0. The summed E-state index contributed by atoms with van der Waals surface area (Å²) >= 11 is 0. The SMILES string of the molecule is Cc1cc(=O)n(-c2cccc([N+](=O)[O-])c2)[n-]1.[Na+]. The average Bonchev–Trinajstić information content (AvgIpc) is 2.58. The standard InChI is InChI=1S/C10H9N3O3.Na/c1-7-5-10(14)12(11-7)8-3-2-4-9(6-8)13(15)16;/h2-6H,1H3,(H,11,14);/q;+1/p-1. The molecule has 1 aromatic carbocycles. The maximum atomic E-state index is 11.5. The summed E-state index contributed by atoms with van der Waals surface area (Å²) in [6.07, 6.45) is 0. The van der Waals surface area contributed by atoms with Gasteiger partial charge in [0.05, 0.1) is 4.92 Å². The number of aromatic nitrogens is 2. The molecule has 0 aliphatic carbocycles. The summed E-state index contributed by atoms with van der Waals surface area (Å²) in [5.74, 6) is 0. The van der Waals surface area contributed by atoms with E-state index < -0.39 is 4.92 Å². The molecule has 1 aromatic heterocycles. The van der Waals surface area contributed by atoms with Crippen molar-refractivity contribution in [3.05, 3.63) is 56.5 Å². The minimum atomic E-state index is -0.510. The summed E-state index contributed by atoms with van der Waals surface area (Å²) in [6, 6.07) is 7.17. The van der Waals surface area contributed by atoms with Gasteiger partial charge in [-0.15, -0.1) is 5.69 Å². The van der Waals surface area contributed by atoms with E-state index in [0.29, 0.717) is 11.4 Å². The van der Waals surface area contributed by atoms with Crippen LogP contribution in [0.4, 0.5) is 5.69 Å². The summed E-state index contributed by atoms with van der Waals surface area (Å²) < 4.78 is 1.14. The quantitative estimate of drug-likeness (QED) is 0.346. The molecule has 0 unspecified atom stereocenters. The number of rotatable bonds is 2. The Morgan fingerprint density at radius 1 is 1.35 bits per heavy atom. The van der Waals surface area contributed by atoms with Gasteiger partial charge in [-0.05, 0) is 12.1 Å². The van der Waals surface area contributed by atoms with Gasteiger partial charge in [-0.3, -0.25) is 14.9 Å². The van der Waals surface area contributed by atoms with Crippen LogP contribution in [-0.2, 0) is 0 Å². The molecule has 0 aliphatic heterocycles. The molecule has 7 heteroatoms. The first-order valence-corrected chi connectivity index (χ1v) is 4.56. The number of non-ortho nitro benzene ring substituents is 1. The fourth-order valence-corrected chi connectivity index (χ4v) is 1.40. The number of benzene rings is 1. The number of nitro groups is 1. The monoisotopic (exact) mass is 241 g/mol. The van der Waals surface area contributed by atoms with Crippen molar-refractivity contribution in [2.24, 2.45) is 0 Å². The molecular formula is C10H8N3NaO3. The van der Waals surface area contributed by atoms with Gasteiger partial charge in [0.25, 0.3) is 5.69 Å². The Labute approximate surface area is 119 Å². The number of hydrogen-bond acceptors (Lipinski definition) is 3. The van der Waals surface area contributed by atoms with E-state index in [9.17, 15) is 14.9 Å². The second kappa shape index (κ2) is 5.31. The van der Waals surface area contributed by atoms with Crippen molar-refractivity contribution in [1.29, 1.82) is 0 Å². The van der Waals surface area contributed by atoms with Crippen LogP contribution in [0.25, 0.3) is 5.69 Å². The second-order valence-electron chi connectivity index (χ2n) is 3.31. The Morgan fingerprint density at radius 3 is 2.59 bits per heavy atom. The van der Waals surface area contributed by atoms with Crippen LogP contribution in [0.15, 0.2) is 35.1 Å². The fourth-order valence-electron chi connectivity index (χ4n) is 1.40. The molecule has 2 aromatic rings. The van der Waals surface area contributed by atoms with Crippen LogP contribution < -0.4 is 40.2 Å². The van der Waals surface area contributed by atoms with Crippen molar-refractivity contribution >= 4 is 5.69 Å². The summed E-state index contributed by atoms with van der Waals surface area (Å²) in [4.78, 5) is 21.5. The van der Waals surface area contributed by atoms with Gasteiger partial charge in [0.15, 0.2) is 0 Å². The maximum Gasteiger partial charge on any atom is 1.00 e. The number of nitro benzene ring substituents is 1.